The number of nitrogens with zero attached hydrogens (tertiary/aromatic N) is 2. The molecular formula is C11H18ClN3O. The van der Waals surface area contributed by atoms with Gasteiger partial charge in [-0.15, -0.1) is 11.6 Å². The average Bonchev–Trinajstić information content (AvgIpc) is 2.66. The summed E-state index contributed by atoms with van der Waals surface area (Å²) in [5.41, 5.74) is 1.69. The Kier molecular flexibility index (Phi) is 4.80. The molecule has 1 amide bonds. The summed E-state index contributed by atoms with van der Waals surface area (Å²) in [6.45, 7) is 4.66. The molecule has 0 fully saturated rings. The van der Waals surface area contributed by atoms with Gasteiger partial charge in [0.1, 0.15) is 5.38 Å². The molecule has 0 aliphatic heterocycles. The first-order valence-corrected chi connectivity index (χ1v) is 5.98. The highest BCUT2D eigenvalue weighted by molar-refractivity contribution is 6.30. The summed E-state index contributed by atoms with van der Waals surface area (Å²) >= 11 is 6.12. The van der Waals surface area contributed by atoms with Gasteiger partial charge in [-0.25, -0.2) is 0 Å². The van der Waals surface area contributed by atoms with Crippen molar-refractivity contribution in [3.8, 4) is 0 Å². The van der Waals surface area contributed by atoms with Crippen LogP contribution in [0.25, 0.3) is 0 Å². The van der Waals surface area contributed by atoms with E-state index < -0.39 is 5.38 Å². The van der Waals surface area contributed by atoms with E-state index in [0.717, 1.165) is 24.1 Å². The topological polar surface area (TPSA) is 46.9 Å². The number of hydrogen-bond donors (Lipinski definition) is 1. The van der Waals surface area contributed by atoms with Crippen LogP contribution in [0.5, 0.6) is 0 Å². The van der Waals surface area contributed by atoms with Gasteiger partial charge in [0.2, 0.25) is 5.91 Å². The lowest BCUT2D eigenvalue weighted by Gasteiger charge is -2.09. The summed E-state index contributed by atoms with van der Waals surface area (Å²) in [5.74, 6) is -0.147. The van der Waals surface area contributed by atoms with E-state index >= 15 is 0 Å². The van der Waals surface area contributed by atoms with Crippen molar-refractivity contribution in [2.45, 2.75) is 32.1 Å². The Bertz CT molecular complexity index is 362. The normalized spacial score (nSPS) is 12.5. The lowest BCUT2D eigenvalue weighted by molar-refractivity contribution is -0.120. The van der Waals surface area contributed by atoms with Crippen molar-refractivity contribution >= 4 is 17.5 Å². The Morgan fingerprint density at radius 2 is 2.31 bits per heavy atom. The monoisotopic (exact) mass is 243 g/mol. The number of nitrogens with one attached hydrogen (secondary N) is 1. The van der Waals surface area contributed by atoms with Gasteiger partial charge >= 0.3 is 0 Å². The predicted molar refractivity (Wildman–Crippen MR) is 64.5 cm³/mol. The third-order valence-electron chi connectivity index (χ3n) is 2.32. The molecule has 90 valence electrons. The van der Waals surface area contributed by atoms with Crippen LogP contribution in [0.3, 0.4) is 0 Å². The minimum absolute atomic E-state index is 0.147. The number of aryl methyl sites for hydroxylation is 2. The molecule has 0 spiro atoms. The van der Waals surface area contributed by atoms with Gasteiger partial charge in [0.15, 0.2) is 0 Å². The van der Waals surface area contributed by atoms with Crippen LogP contribution in [0.2, 0.25) is 0 Å². The van der Waals surface area contributed by atoms with Gasteiger partial charge < -0.3 is 5.32 Å². The Morgan fingerprint density at radius 3 is 2.88 bits per heavy atom. The number of amides is 1. The maximum atomic E-state index is 11.7. The fourth-order valence-electron chi connectivity index (χ4n) is 1.52. The number of carbonyl (C=O) groups excluding carboxylic acids is 1. The van der Waals surface area contributed by atoms with Gasteiger partial charge in [0.05, 0.1) is 5.69 Å². The van der Waals surface area contributed by atoms with Crippen molar-refractivity contribution in [1.29, 1.82) is 0 Å². The molecule has 1 atom stereocenters. The molecule has 5 heteroatoms. The Labute approximate surface area is 101 Å². The van der Waals surface area contributed by atoms with Crippen LogP contribution in [0, 0.1) is 0 Å². The highest BCUT2D eigenvalue weighted by atomic mass is 35.5. The van der Waals surface area contributed by atoms with E-state index in [1.165, 1.54) is 0 Å². The summed E-state index contributed by atoms with van der Waals surface area (Å²) < 4.78 is 1.69. The molecule has 1 heterocycles. The average molecular weight is 244 g/mol. The zero-order chi connectivity index (χ0) is 12.1. The number of carbonyl (C=O) groups is 1. The number of aromatic nitrogens is 2. The first kappa shape index (κ1) is 13.0. The minimum Gasteiger partial charge on any atom is -0.355 e. The van der Waals surface area contributed by atoms with Gasteiger partial charge in [-0.2, -0.15) is 5.10 Å². The molecule has 1 aromatic rings. The van der Waals surface area contributed by atoms with E-state index in [2.05, 4.69) is 10.4 Å². The second kappa shape index (κ2) is 5.89. The molecular weight excluding hydrogens is 226 g/mol. The lowest BCUT2D eigenvalue weighted by Crippen LogP contribution is -2.27. The first-order chi connectivity index (χ1) is 7.60. The van der Waals surface area contributed by atoms with E-state index in [0.29, 0.717) is 6.54 Å². The number of alkyl halides is 1. The molecule has 0 saturated heterocycles. The van der Waals surface area contributed by atoms with E-state index in [1.54, 1.807) is 4.68 Å². The fourth-order valence-corrected chi connectivity index (χ4v) is 1.78. The second-order valence-corrected chi connectivity index (χ2v) is 4.15. The minimum atomic E-state index is -0.643. The van der Waals surface area contributed by atoms with Crippen molar-refractivity contribution in [1.82, 2.24) is 15.1 Å². The van der Waals surface area contributed by atoms with Crippen LogP contribution in [-0.2, 0) is 18.3 Å². The van der Waals surface area contributed by atoms with Gasteiger partial charge in [-0.1, -0.05) is 13.8 Å². The number of halogens is 1. The quantitative estimate of drug-likeness (QED) is 0.802. The van der Waals surface area contributed by atoms with Crippen molar-refractivity contribution in [3.05, 3.63) is 17.5 Å². The zero-order valence-corrected chi connectivity index (χ0v) is 10.7. The van der Waals surface area contributed by atoms with E-state index in [-0.39, 0.29) is 5.91 Å². The van der Waals surface area contributed by atoms with E-state index in [9.17, 15) is 4.79 Å². The van der Waals surface area contributed by atoms with Gasteiger partial charge in [-0.3, -0.25) is 9.48 Å². The van der Waals surface area contributed by atoms with Crippen LogP contribution in [0.15, 0.2) is 6.20 Å². The van der Waals surface area contributed by atoms with Crippen LogP contribution in [0.1, 0.15) is 36.9 Å². The SMILES string of the molecule is CCCNC(=O)C(Cl)c1cn(C)nc1CC. The standard InChI is InChI=1S/C11H18ClN3O/c1-4-6-13-11(16)10(12)8-7-15(3)14-9(8)5-2/h7,10H,4-6H2,1-3H3,(H,13,16). The van der Waals surface area contributed by atoms with Crippen LogP contribution >= 0.6 is 11.6 Å². The van der Waals surface area contributed by atoms with E-state index in [4.69, 9.17) is 11.6 Å². The third kappa shape index (κ3) is 2.98. The molecule has 1 N–H and O–H groups in total. The van der Waals surface area contributed by atoms with Crippen molar-refractivity contribution < 1.29 is 4.79 Å². The summed E-state index contributed by atoms with van der Waals surface area (Å²) in [7, 11) is 1.83. The van der Waals surface area contributed by atoms with Crippen LogP contribution in [-0.4, -0.2) is 22.2 Å². The van der Waals surface area contributed by atoms with Crippen molar-refractivity contribution in [3.63, 3.8) is 0 Å². The van der Waals surface area contributed by atoms with Crippen LogP contribution < -0.4 is 5.32 Å². The summed E-state index contributed by atoms with van der Waals surface area (Å²) in [5, 5.41) is 6.40. The maximum absolute atomic E-state index is 11.7. The molecule has 0 radical (unpaired) electrons. The molecule has 0 aliphatic rings. The largest absolute Gasteiger partial charge is 0.355 e. The molecule has 1 unspecified atom stereocenters. The summed E-state index contributed by atoms with van der Waals surface area (Å²) in [4.78, 5) is 11.7. The summed E-state index contributed by atoms with van der Waals surface area (Å²) in [6.07, 6.45) is 3.49. The molecule has 1 aromatic heterocycles. The predicted octanol–water partition coefficient (Wildman–Crippen LogP) is 1.79. The Balaban J connectivity index is 2.78. The van der Waals surface area contributed by atoms with Gasteiger partial charge in [-0.05, 0) is 12.8 Å². The summed E-state index contributed by atoms with van der Waals surface area (Å²) in [6, 6.07) is 0. The highest BCUT2D eigenvalue weighted by Gasteiger charge is 2.21. The highest BCUT2D eigenvalue weighted by Crippen LogP contribution is 2.23. The smallest absolute Gasteiger partial charge is 0.242 e. The molecule has 0 saturated carbocycles. The zero-order valence-electron chi connectivity index (χ0n) is 9.96. The molecule has 16 heavy (non-hydrogen) atoms. The Morgan fingerprint density at radius 1 is 1.62 bits per heavy atom. The van der Waals surface area contributed by atoms with Gasteiger partial charge in [0, 0.05) is 25.4 Å². The molecule has 0 bridgehead atoms. The molecule has 1 rings (SSSR count). The maximum Gasteiger partial charge on any atom is 0.242 e. The molecule has 0 aromatic carbocycles. The third-order valence-corrected chi connectivity index (χ3v) is 2.76. The van der Waals surface area contributed by atoms with Crippen molar-refractivity contribution in [2.75, 3.05) is 6.54 Å². The van der Waals surface area contributed by atoms with E-state index in [1.807, 2.05) is 27.1 Å². The van der Waals surface area contributed by atoms with Gasteiger partial charge in [0.25, 0.3) is 0 Å². The number of rotatable bonds is 5. The number of hydrogen-bond acceptors (Lipinski definition) is 2. The second-order valence-electron chi connectivity index (χ2n) is 3.71. The molecule has 4 nitrogen and oxygen atoms in total. The van der Waals surface area contributed by atoms with Crippen molar-refractivity contribution in [2.24, 2.45) is 7.05 Å². The lowest BCUT2D eigenvalue weighted by atomic mass is 10.1. The molecule has 0 aliphatic carbocycles. The fraction of sp³-hybridized carbons (Fsp3) is 0.636. The Hall–Kier alpha value is -1.03. The van der Waals surface area contributed by atoms with Crippen LogP contribution in [0.4, 0.5) is 0 Å². The first-order valence-electron chi connectivity index (χ1n) is 5.54.